The molecule has 6 nitrogen and oxygen atoms in total. The van der Waals surface area contributed by atoms with Crippen molar-refractivity contribution in [3.63, 3.8) is 0 Å². The van der Waals surface area contributed by atoms with Crippen LogP contribution in [0.5, 0.6) is 5.75 Å². The van der Waals surface area contributed by atoms with Crippen LogP contribution in [0, 0.1) is 5.82 Å². The molecule has 1 aromatic heterocycles. The fraction of sp³-hybridized carbons (Fsp3) is 0.280. The Hall–Kier alpha value is -3.61. The van der Waals surface area contributed by atoms with Crippen LogP contribution >= 0.6 is 0 Å². The van der Waals surface area contributed by atoms with Gasteiger partial charge >= 0.3 is 0 Å². The lowest BCUT2D eigenvalue weighted by molar-refractivity contribution is -0.139. The number of carbonyl (C=O) groups is 2. The van der Waals surface area contributed by atoms with Gasteiger partial charge in [0.2, 0.25) is 0 Å². The Morgan fingerprint density at radius 2 is 1.66 bits per heavy atom. The lowest BCUT2D eigenvalue weighted by Gasteiger charge is -2.37. The van der Waals surface area contributed by atoms with E-state index in [2.05, 4.69) is 0 Å². The number of hydrogen-bond acceptors (Lipinski definition) is 4. The highest BCUT2D eigenvalue weighted by Gasteiger charge is 2.37. The minimum Gasteiger partial charge on any atom is -0.476 e. The van der Waals surface area contributed by atoms with Crippen LogP contribution in [0.2, 0.25) is 0 Å². The summed E-state index contributed by atoms with van der Waals surface area (Å²) in [5.74, 6) is 0.314. The fourth-order valence-corrected chi connectivity index (χ4v) is 4.23. The lowest BCUT2D eigenvalue weighted by atomic mass is 10.1. The van der Waals surface area contributed by atoms with Crippen molar-refractivity contribution in [2.75, 3.05) is 24.5 Å². The molecule has 2 aliphatic rings. The number of rotatable bonds is 3. The number of hydrogen-bond donors (Lipinski definition) is 0. The summed E-state index contributed by atoms with van der Waals surface area (Å²) in [5, 5.41) is 0. The summed E-state index contributed by atoms with van der Waals surface area (Å²) in [6.45, 7) is 1.54. The zero-order chi connectivity index (χ0) is 22.1. The molecule has 1 fully saturated rings. The summed E-state index contributed by atoms with van der Waals surface area (Å²) in [5.41, 5.74) is 1.27. The van der Waals surface area contributed by atoms with Crippen molar-refractivity contribution in [2.24, 2.45) is 0 Å². The van der Waals surface area contributed by atoms with Crippen LogP contribution in [0.4, 0.5) is 10.1 Å². The molecule has 2 aliphatic heterocycles. The number of fused-ring (bicyclic) bond motifs is 1. The first kappa shape index (κ1) is 20.3. The van der Waals surface area contributed by atoms with E-state index in [1.807, 2.05) is 17.0 Å². The predicted molar refractivity (Wildman–Crippen MR) is 117 cm³/mol. The van der Waals surface area contributed by atoms with Gasteiger partial charge in [0, 0.05) is 18.7 Å². The van der Waals surface area contributed by atoms with Gasteiger partial charge in [0.25, 0.3) is 11.8 Å². The molecule has 5 rings (SSSR count). The SMILES string of the molecule is O=C([C@@H]1CN(C(=O)c2ccc(-c3ccc(F)cc3)o2)c2ccccc2O1)N1CCCCC1. The largest absolute Gasteiger partial charge is 0.476 e. The molecule has 0 radical (unpaired) electrons. The van der Waals surface area contributed by atoms with Crippen LogP contribution < -0.4 is 9.64 Å². The van der Waals surface area contributed by atoms with Crippen molar-refractivity contribution in [1.82, 2.24) is 4.90 Å². The fourth-order valence-electron chi connectivity index (χ4n) is 4.23. The Labute approximate surface area is 185 Å². The molecule has 1 atom stereocenters. The molecule has 0 bridgehead atoms. The molecule has 3 aromatic rings. The number of anilines is 1. The van der Waals surface area contributed by atoms with Gasteiger partial charge in [-0.2, -0.15) is 0 Å². The van der Waals surface area contributed by atoms with Crippen molar-refractivity contribution in [3.05, 3.63) is 72.2 Å². The van der Waals surface area contributed by atoms with Gasteiger partial charge < -0.3 is 14.1 Å². The maximum absolute atomic E-state index is 13.4. The van der Waals surface area contributed by atoms with Crippen LogP contribution in [0.25, 0.3) is 11.3 Å². The zero-order valence-electron chi connectivity index (χ0n) is 17.5. The van der Waals surface area contributed by atoms with Gasteiger partial charge in [-0.1, -0.05) is 12.1 Å². The molecule has 1 saturated heterocycles. The molecule has 32 heavy (non-hydrogen) atoms. The Bertz CT molecular complexity index is 1130. The molecular formula is C25H23FN2O4. The Balaban J connectivity index is 1.42. The summed E-state index contributed by atoms with van der Waals surface area (Å²) in [6.07, 6.45) is 2.32. The summed E-state index contributed by atoms with van der Waals surface area (Å²) in [4.78, 5) is 29.9. The number of carbonyl (C=O) groups excluding carboxylic acids is 2. The van der Waals surface area contributed by atoms with Crippen LogP contribution in [0.3, 0.4) is 0 Å². The predicted octanol–water partition coefficient (Wildman–Crippen LogP) is 4.51. The number of furan rings is 1. The van der Waals surface area contributed by atoms with Gasteiger partial charge in [0.1, 0.15) is 17.3 Å². The van der Waals surface area contributed by atoms with E-state index in [0.29, 0.717) is 35.9 Å². The third kappa shape index (κ3) is 3.86. The molecule has 164 valence electrons. The van der Waals surface area contributed by atoms with E-state index in [1.54, 1.807) is 41.3 Å². The number of piperidine rings is 1. The average Bonchev–Trinajstić information content (AvgIpc) is 3.34. The van der Waals surface area contributed by atoms with Gasteiger partial charge in [-0.05, 0) is 67.8 Å². The first-order valence-corrected chi connectivity index (χ1v) is 10.8. The van der Waals surface area contributed by atoms with Crippen molar-refractivity contribution < 1.29 is 23.1 Å². The third-order valence-electron chi connectivity index (χ3n) is 5.91. The summed E-state index contributed by atoms with van der Waals surface area (Å²) >= 11 is 0. The van der Waals surface area contributed by atoms with E-state index < -0.39 is 6.10 Å². The van der Waals surface area contributed by atoms with E-state index in [-0.39, 0.29) is 29.9 Å². The van der Waals surface area contributed by atoms with Crippen molar-refractivity contribution in [3.8, 4) is 17.1 Å². The molecule has 0 aliphatic carbocycles. The monoisotopic (exact) mass is 434 g/mol. The molecule has 7 heteroatoms. The number of halogens is 1. The van der Waals surface area contributed by atoms with Crippen molar-refractivity contribution in [1.29, 1.82) is 0 Å². The smallest absolute Gasteiger partial charge is 0.294 e. The quantitative estimate of drug-likeness (QED) is 0.609. The minimum atomic E-state index is -0.765. The van der Waals surface area contributed by atoms with Crippen LogP contribution in [-0.4, -0.2) is 42.5 Å². The molecule has 2 amide bonds. The number of likely N-dealkylation sites (tertiary alicyclic amines) is 1. The van der Waals surface area contributed by atoms with Crippen molar-refractivity contribution >= 4 is 17.5 Å². The average molecular weight is 434 g/mol. The van der Waals surface area contributed by atoms with Gasteiger partial charge in [0.15, 0.2) is 11.9 Å². The van der Waals surface area contributed by atoms with Gasteiger partial charge in [-0.25, -0.2) is 4.39 Å². The zero-order valence-corrected chi connectivity index (χ0v) is 17.5. The summed E-state index contributed by atoms with van der Waals surface area (Å²) < 4.78 is 25.0. The molecule has 0 unspecified atom stereocenters. The molecule has 0 spiro atoms. The maximum Gasteiger partial charge on any atom is 0.294 e. The second-order valence-corrected chi connectivity index (χ2v) is 8.05. The topological polar surface area (TPSA) is 63.0 Å². The van der Waals surface area contributed by atoms with Gasteiger partial charge in [-0.15, -0.1) is 0 Å². The first-order chi connectivity index (χ1) is 15.6. The van der Waals surface area contributed by atoms with Crippen LogP contribution in [-0.2, 0) is 4.79 Å². The highest BCUT2D eigenvalue weighted by Crippen LogP contribution is 2.35. The second-order valence-electron chi connectivity index (χ2n) is 8.05. The van der Waals surface area contributed by atoms with E-state index in [1.165, 1.54) is 12.1 Å². The normalized spacial score (nSPS) is 18.1. The standard InChI is InChI=1S/C25H23FN2O4/c26-18-10-8-17(9-11-18)20-12-13-22(31-20)25(30)28-16-23(24(29)27-14-4-1-5-15-27)32-21-7-3-2-6-19(21)28/h2-3,6-13,23H,1,4-5,14-16H2/t23-/m0/s1. The van der Waals surface area contributed by atoms with Crippen LogP contribution in [0.1, 0.15) is 29.8 Å². The Kier molecular flexibility index (Phi) is 5.39. The van der Waals surface area contributed by atoms with Gasteiger partial charge in [0.05, 0.1) is 12.2 Å². The number of amides is 2. The molecule has 0 saturated carbocycles. The third-order valence-corrected chi connectivity index (χ3v) is 5.91. The van der Waals surface area contributed by atoms with E-state index >= 15 is 0 Å². The Morgan fingerprint density at radius 1 is 0.906 bits per heavy atom. The summed E-state index contributed by atoms with van der Waals surface area (Å²) in [7, 11) is 0. The first-order valence-electron chi connectivity index (χ1n) is 10.8. The maximum atomic E-state index is 13.4. The van der Waals surface area contributed by atoms with Crippen molar-refractivity contribution in [2.45, 2.75) is 25.4 Å². The van der Waals surface area contributed by atoms with Gasteiger partial charge in [-0.3, -0.25) is 14.5 Å². The van der Waals surface area contributed by atoms with E-state index in [9.17, 15) is 14.0 Å². The lowest BCUT2D eigenvalue weighted by Crippen LogP contribution is -2.52. The molecule has 3 heterocycles. The highest BCUT2D eigenvalue weighted by atomic mass is 19.1. The molecular weight excluding hydrogens is 411 g/mol. The summed E-state index contributed by atoms with van der Waals surface area (Å²) in [6, 6.07) is 16.3. The van der Waals surface area contributed by atoms with Crippen LogP contribution in [0.15, 0.2) is 65.1 Å². The minimum absolute atomic E-state index is 0.0940. The number of ether oxygens (including phenoxy) is 1. The molecule has 2 aromatic carbocycles. The number of para-hydroxylation sites is 2. The number of benzene rings is 2. The second kappa shape index (κ2) is 8.49. The van der Waals surface area contributed by atoms with E-state index in [4.69, 9.17) is 9.15 Å². The highest BCUT2D eigenvalue weighted by molar-refractivity contribution is 6.06. The van der Waals surface area contributed by atoms with E-state index in [0.717, 1.165) is 19.3 Å². The number of nitrogens with zero attached hydrogens (tertiary/aromatic N) is 2. The molecule has 0 N–H and O–H groups in total. The Morgan fingerprint density at radius 3 is 2.44 bits per heavy atom.